The highest BCUT2D eigenvalue weighted by atomic mass is 32.2. The normalized spacial score (nSPS) is 14.9. The van der Waals surface area contributed by atoms with Crippen molar-refractivity contribution in [3.8, 4) is 5.75 Å². The molecule has 0 radical (unpaired) electrons. The van der Waals surface area contributed by atoms with Crippen molar-refractivity contribution in [3.63, 3.8) is 0 Å². The van der Waals surface area contributed by atoms with E-state index in [2.05, 4.69) is 17.1 Å². The Hall–Kier alpha value is -3.20. The van der Waals surface area contributed by atoms with Crippen LogP contribution in [0.1, 0.15) is 28.4 Å². The Morgan fingerprint density at radius 1 is 0.861 bits per heavy atom. The predicted molar refractivity (Wildman–Crippen MR) is 141 cm³/mol. The number of ether oxygens (including phenoxy) is 1. The molecule has 4 rings (SSSR count). The lowest BCUT2D eigenvalue weighted by Gasteiger charge is -2.34. The van der Waals surface area contributed by atoms with Crippen LogP contribution in [0, 0.1) is 0 Å². The molecule has 0 aliphatic carbocycles. The number of hydrogen-bond acceptors (Lipinski definition) is 5. The molecule has 3 aromatic carbocycles. The summed E-state index contributed by atoms with van der Waals surface area (Å²) in [5, 5.41) is 2.89. The van der Waals surface area contributed by atoms with Gasteiger partial charge in [-0.2, -0.15) is 4.31 Å². The summed E-state index contributed by atoms with van der Waals surface area (Å²) in [6.07, 6.45) is 0.991. The van der Waals surface area contributed by atoms with E-state index in [1.54, 1.807) is 28.6 Å². The summed E-state index contributed by atoms with van der Waals surface area (Å²) in [4.78, 5) is 15.0. The zero-order valence-corrected chi connectivity index (χ0v) is 21.4. The second-order valence-corrected chi connectivity index (χ2v) is 10.7. The second kappa shape index (κ2) is 12.2. The number of carbonyl (C=O) groups excluding carboxylic acids is 1. The quantitative estimate of drug-likeness (QED) is 0.425. The first kappa shape index (κ1) is 25.9. The van der Waals surface area contributed by atoms with Gasteiger partial charge in [-0.3, -0.25) is 9.69 Å². The Balaban J connectivity index is 1.20. The molecular weight excluding hydrogens is 474 g/mol. The molecule has 0 aromatic heterocycles. The number of rotatable bonds is 10. The van der Waals surface area contributed by atoms with Crippen LogP contribution in [0.5, 0.6) is 5.75 Å². The molecule has 1 aliphatic rings. The van der Waals surface area contributed by atoms with E-state index < -0.39 is 10.0 Å². The monoisotopic (exact) mass is 507 g/mol. The van der Waals surface area contributed by atoms with Gasteiger partial charge < -0.3 is 10.1 Å². The van der Waals surface area contributed by atoms with E-state index in [0.717, 1.165) is 17.7 Å². The maximum Gasteiger partial charge on any atom is 0.251 e. The number of carbonyl (C=O) groups is 1. The van der Waals surface area contributed by atoms with Gasteiger partial charge in [0.15, 0.2) is 0 Å². The lowest BCUT2D eigenvalue weighted by atomic mass is 10.1. The Kier molecular flexibility index (Phi) is 8.74. The van der Waals surface area contributed by atoms with Gasteiger partial charge in [-0.1, -0.05) is 49.4 Å². The smallest absolute Gasteiger partial charge is 0.251 e. The predicted octanol–water partition coefficient (Wildman–Crippen LogP) is 3.56. The zero-order valence-electron chi connectivity index (χ0n) is 20.6. The Morgan fingerprint density at radius 2 is 1.50 bits per heavy atom. The van der Waals surface area contributed by atoms with Crippen molar-refractivity contribution in [2.45, 2.75) is 24.8 Å². The van der Waals surface area contributed by atoms with Crippen LogP contribution in [-0.4, -0.2) is 62.9 Å². The van der Waals surface area contributed by atoms with E-state index in [1.807, 2.05) is 54.6 Å². The van der Waals surface area contributed by atoms with Crippen LogP contribution < -0.4 is 10.1 Å². The van der Waals surface area contributed by atoms with Gasteiger partial charge in [0.25, 0.3) is 5.91 Å². The summed E-state index contributed by atoms with van der Waals surface area (Å²) in [6.45, 7) is 5.90. The summed E-state index contributed by atoms with van der Waals surface area (Å²) in [5.74, 6) is 0.663. The van der Waals surface area contributed by atoms with Crippen LogP contribution in [0.25, 0.3) is 0 Å². The summed E-state index contributed by atoms with van der Waals surface area (Å²) in [6, 6.07) is 24.1. The minimum Gasteiger partial charge on any atom is -0.492 e. The molecule has 1 N–H and O–H groups in total. The number of nitrogens with zero attached hydrogens (tertiary/aromatic N) is 2. The highest BCUT2D eigenvalue weighted by Gasteiger charge is 2.28. The molecule has 8 heteroatoms. The Labute approximate surface area is 213 Å². The highest BCUT2D eigenvalue weighted by molar-refractivity contribution is 7.89. The maximum absolute atomic E-state index is 12.8. The number of nitrogens with one attached hydrogen (secondary N) is 1. The third kappa shape index (κ3) is 6.72. The fourth-order valence-corrected chi connectivity index (χ4v) is 5.59. The van der Waals surface area contributed by atoms with Gasteiger partial charge in [0.05, 0.1) is 11.4 Å². The lowest BCUT2D eigenvalue weighted by molar-refractivity contribution is 0.0947. The minimum atomic E-state index is -3.45. The molecule has 1 amide bonds. The van der Waals surface area contributed by atoms with E-state index in [9.17, 15) is 13.2 Å². The average molecular weight is 508 g/mol. The number of benzene rings is 3. The fourth-order valence-electron chi connectivity index (χ4n) is 4.15. The van der Waals surface area contributed by atoms with Crippen molar-refractivity contribution in [2.24, 2.45) is 0 Å². The summed E-state index contributed by atoms with van der Waals surface area (Å²) >= 11 is 0. The average Bonchev–Trinajstić information content (AvgIpc) is 2.92. The fraction of sp³-hybridized carbons (Fsp3) is 0.321. The van der Waals surface area contributed by atoms with Crippen LogP contribution in [0.3, 0.4) is 0 Å². The molecule has 3 aromatic rings. The molecule has 36 heavy (non-hydrogen) atoms. The maximum atomic E-state index is 12.8. The number of aryl methyl sites for hydroxylation is 1. The van der Waals surface area contributed by atoms with E-state index >= 15 is 0 Å². The first-order valence-electron chi connectivity index (χ1n) is 12.3. The molecule has 1 saturated heterocycles. The number of hydrogen-bond donors (Lipinski definition) is 1. The van der Waals surface area contributed by atoms with E-state index in [-0.39, 0.29) is 5.91 Å². The SMILES string of the molecule is CCc1ccc(OCCNC(=O)c2ccc(CN3CCN(S(=O)(=O)c4ccccc4)CC3)cc2)cc1. The van der Waals surface area contributed by atoms with Gasteiger partial charge in [-0.25, -0.2) is 8.42 Å². The first-order chi connectivity index (χ1) is 17.5. The van der Waals surface area contributed by atoms with Crippen molar-refractivity contribution >= 4 is 15.9 Å². The molecule has 7 nitrogen and oxygen atoms in total. The molecule has 0 bridgehead atoms. The van der Waals surface area contributed by atoms with Gasteiger partial charge in [0, 0.05) is 38.3 Å². The second-order valence-electron chi connectivity index (χ2n) is 8.79. The van der Waals surface area contributed by atoms with Gasteiger partial charge in [-0.15, -0.1) is 0 Å². The molecule has 0 atom stereocenters. The highest BCUT2D eigenvalue weighted by Crippen LogP contribution is 2.18. The number of piperazine rings is 1. The summed E-state index contributed by atoms with van der Waals surface area (Å²) in [7, 11) is -3.45. The zero-order chi connectivity index (χ0) is 25.4. The third-order valence-electron chi connectivity index (χ3n) is 6.32. The van der Waals surface area contributed by atoms with Crippen LogP contribution in [0.15, 0.2) is 83.8 Å². The molecule has 190 valence electrons. The molecule has 1 aliphatic heterocycles. The largest absolute Gasteiger partial charge is 0.492 e. The molecule has 0 spiro atoms. The Bertz CT molecular complexity index is 1220. The van der Waals surface area contributed by atoms with Crippen molar-refractivity contribution in [1.29, 1.82) is 0 Å². The van der Waals surface area contributed by atoms with Crippen LogP contribution in [0.2, 0.25) is 0 Å². The van der Waals surface area contributed by atoms with Gasteiger partial charge in [0.1, 0.15) is 12.4 Å². The first-order valence-corrected chi connectivity index (χ1v) is 13.8. The van der Waals surface area contributed by atoms with Gasteiger partial charge in [-0.05, 0) is 53.9 Å². The number of sulfonamides is 1. The standard InChI is InChI=1S/C28H33N3O4S/c1-2-23-10-14-26(15-11-23)35-21-16-29-28(32)25-12-8-24(9-13-25)22-30-17-19-31(20-18-30)36(33,34)27-6-4-3-5-7-27/h3-15H,2,16-22H2,1H3,(H,29,32). The molecule has 0 unspecified atom stereocenters. The van der Waals surface area contributed by atoms with Crippen molar-refractivity contribution < 1.29 is 17.9 Å². The molecular formula is C28H33N3O4S. The van der Waals surface area contributed by atoms with Gasteiger partial charge >= 0.3 is 0 Å². The van der Waals surface area contributed by atoms with Crippen LogP contribution in [-0.2, 0) is 23.0 Å². The van der Waals surface area contributed by atoms with Crippen LogP contribution in [0.4, 0.5) is 0 Å². The molecule has 0 saturated carbocycles. The van der Waals surface area contributed by atoms with Crippen molar-refractivity contribution in [3.05, 3.63) is 95.6 Å². The minimum absolute atomic E-state index is 0.133. The Morgan fingerprint density at radius 3 is 2.14 bits per heavy atom. The number of amides is 1. The third-order valence-corrected chi connectivity index (χ3v) is 8.24. The topological polar surface area (TPSA) is 79.0 Å². The van der Waals surface area contributed by atoms with Gasteiger partial charge in [0.2, 0.25) is 10.0 Å². The summed E-state index contributed by atoms with van der Waals surface area (Å²) in [5.41, 5.74) is 2.95. The lowest BCUT2D eigenvalue weighted by Crippen LogP contribution is -2.48. The van der Waals surface area contributed by atoms with E-state index in [0.29, 0.717) is 56.3 Å². The van der Waals surface area contributed by atoms with Crippen molar-refractivity contribution in [2.75, 3.05) is 39.3 Å². The van der Waals surface area contributed by atoms with Crippen molar-refractivity contribution in [1.82, 2.24) is 14.5 Å². The molecule has 1 fully saturated rings. The summed E-state index contributed by atoms with van der Waals surface area (Å²) < 4.78 is 32.9. The van der Waals surface area contributed by atoms with Crippen LogP contribution >= 0.6 is 0 Å². The van der Waals surface area contributed by atoms with E-state index in [4.69, 9.17) is 4.74 Å². The molecule has 1 heterocycles. The van der Waals surface area contributed by atoms with E-state index in [1.165, 1.54) is 5.56 Å².